The van der Waals surface area contributed by atoms with Crippen LogP contribution in [0.2, 0.25) is 0 Å². The highest BCUT2D eigenvalue weighted by Crippen LogP contribution is 2.48. The van der Waals surface area contributed by atoms with E-state index in [0.717, 1.165) is 62.2 Å². The first-order valence-electron chi connectivity index (χ1n) is 30.2. The van der Waals surface area contributed by atoms with E-state index >= 15 is 0 Å². The van der Waals surface area contributed by atoms with Crippen LogP contribution in [0.1, 0.15) is 252 Å². The Labute approximate surface area is 455 Å². The molecule has 1 rings (SSSR count). The van der Waals surface area contributed by atoms with Gasteiger partial charge in [-0.15, -0.1) is 0 Å². The minimum Gasteiger partial charge on any atom is -0.466 e. The molecule has 434 valence electrons. The minimum atomic E-state index is -0.511. The first-order valence-corrected chi connectivity index (χ1v) is 30.2. The number of ether oxygens (including phenoxy) is 6. The number of esters is 4. The normalized spacial score (nSPS) is 16.1. The number of hydrogen-bond donors (Lipinski definition) is 2. The fourth-order valence-corrected chi connectivity index (χ4v) is 10.3. The van der Waals surface area contributed by atoms with Crippen molar-refractivity contribution in [1.82, 2.24) is 10.6 Å². The van der Waals surface area contributed by atoms with Gasteiger partial charge in [0.2, 0.25) is 0 Å². The topological polar surface area (TPSA) is 182 Å². The lowest BCUT2D eigenvalue weighted by Gasteiger charge is -2.44. The summed E-state index contributed by atoms with van der Waals surface area (Å²) in [5.74, 6) is 1.85. The van der Waals surface area contributed by atoms with Crippen LogP contribution < -0.4 is 10.6 Å². The van der Waals surface area contributed by atoms with E-state index in [4.69, 9.17) is 28.4 Å². The first-order chi connectivity index (χ1) is 36.4. The molecule has 1 saturated carbocycles. The van der Waals surface area contributed by atoms with E-state index in [1.807, 2.05) is 0 Å². The number of nitrogens with one attached hydrogen (secondary N) is 2. The van der Waals surface area contributed by atoms with Crippen LogP contribution in [0, 0.1) is 23.7 Å². The van der Waals surface area contributed by atoms with Crippen LogP contribution in [0.4, 0.5) is 9.59 Å². The molecule has 0 aliphatic heterocycles. The van der Waals surface area contributed by atoms with Crippen LogP contribution in [-0.2, 0) is 47.6 Å². The Morgan fingerprint density at radius 2 is 0.693 bits per heavy atom. The van der Waals surface area contributed by atoms with Crippen LogP contribution in [0.15, 0.2) is 24.3 Å². The zero-order valence-corrected chi connectivity index (χ0v) is 48.0. The molecule has 2 N–H and O–H groups in total. The molecular formula is C61H108N2O12. The smallest absolute Gasteiger partial charge is 0.407 e. The number of alkyl carbamates (subject to hydrolysis) is 2. The van der Waals surface area contributed by atoms with Gasteiger partial charge in [0.05, 0.1) is 13.2 Å². The van der Waals surface area contributed by atoms with Crippen molar-refractivity contribution >= 4 is 36.1 Å². The van der Waals surface area contributed by atoms with Crippen LogP contribution in [0.3, 0.4) is 0 Å². The predicted molar refractivity (Wildman–Crippen MR) is 299 cm³/mol. The van der Waals surface area contributed by atoms with E-state index in [1.54, 1.807) is 13.8 Å². The maximum atomic E-state index is 12.3. The highest BCUT2D eigenvalue weighted by atomic mass is 16.6. The molecule has 14 nitrogen and oxygen atoms in total. The molecule has 1 aliphatic carbocycles. The summed E-state index contributed by atoms with van der Waals surface area (Å²) >= 11 is 0. The van der Waals surface area contributed by atoms with Crippen molar-refractivity contribution in [2.75, 3.05) is 52.7 Å². The average Bonchev–Trinajstić information content (AvgIpc) is 3.39. The molecule has 0 aromatic rings. The van der Waals surface area contributed by atoms with Gasteiger partial charge in [0.25, 0.3) is 0 Å². The van der Waals surface area contributed by atoms with Crippen molar-refractivity contribution in [1.29, 1.82) is 0 Å². The second-order valence-corrected chi connectivity index (χ2v) is 21.3. The Morgan fingerprint density at radius 1 is 0.373 bits per heavy atom. The molecule has 0 aromatic heterocycles. The summed E-state index contributed by atoms with van der Waals surface area (Å²) in [4.78, 5) is 71.0. The fourth-order valence-electron chi connectivity index (χ4n) is 10.3. The molecule has 0 spiro atoms. The zero-order chi connectivity index (χ0) is 55.0. The molecular weight excluding hydrogens is 953 g/mol. The summed E-state index contributed by atoms with van der Waals surface area (Å²) < 4.78 is 30.7. The van der Waals surface area contributed by atoms with Gasteiger partial charge in [-0.3, -0.25) is 9.59 Å². The van der Waals surface area contributed by atoms with Gasteiger partial charge < -0.3 is 39.1 Å². The van der Waals surface area contributed by atoms with Crippen LogP contribution in [0.5, 0.6) is 0 Å². The zero-order valence-electron chi connectivity index (χ0n) is 48.0. The summed E-state index contributed by atoms with van der Waals surface area (Å²) in [6.45, 7) is 16.7. The summed E-state index contributed by atoms with van der Waals surface area (Å²) in [6, 6.07) is 0. The maximum Gasteiger partial charge on any atom is 0.407 e. The summed E-state index contributed by atoms with van der Waals surface area (Å²) in [5.41, 5.74) is 0.614. The molecule has 0 radical (unpaired) electrons. The first kappa shape index (κ1) is 68.9. The van der Waals surface area contributed by atoms with Crippen molar-refractivity contribution in [3.05, 3.63) is 24.3 Å². The minimum absolute atomic E-state index is 0.00119. The maximum absolute atomic E-state index is 12.3. The Kier molecular flexibility index (Phi) is 44.4. The Bertz CT molecular complexity index is 1540. The lowest BCUT2D eigenvalue weighted by atomic mass is 9.61. The Hall–Kier alpha value is -4.10. The number of carbonyl (C=O) groups is 6. The largest absolute Gasteiger partial charge is 0.466 e. The standard InChI is InChI=1S/C61H108N2O12/c1-7-9-11-13-18-26-36-54-52(34-24-12-10-8-2)40-41-53(35-25-17-14-15-20-30-43-63-61(69)75-49-48-73-59(67)51(5)6)55(54)37-27-19-16-21-31-42-62-60(68)74-45-33-23-29-38-56(64)70-44-32-22-28-39-57(65)71-46-47-72-58(66)50(3)4/h52-55H,3,5,7-49H2,1-2,4,6H3,(H,62,68)(H,63,69). The van der Waals surface area contributed by atoms with Gasteiger partial charge in [0.15, 0.2) is 0 Å². The van der Waals surface area contributed by atoms with E-state index in [-0.39, 0.29) is 50.9 Å². The Balaban J connectivity index is 2.37. The second kappa shape index (κ2) is 48.3. The molecule has 1 fully saturated rings. The molecule has 0 saturated heterocycles. The van der Waals surface area contributed by atoms with Gasteiger partial charge in [-0.1, -0.05) is 162 Å². The SMILES string of the molecule is C=C(C)C(=O)OCCOC(=O)CCCCCOC(=O)CCCCCOC(=O)NCCCCCCCC1C(CCCCCCCCNC(=O)OCCOC(=O)C(=C)C)CCC(CCCCCC)C1CCCCCCCC. The van der Waals surface area contributed by atoms with Crippen molar-refractivity contribution in [3.8, 4) is 0 Å². The van der Waals surface area contributed by atoms with Gasteiger partial charge in [-0.05, 0) is 115 Å². The van der Waals surface area contributed by atoms with Crippen LogP contribution in [-0.4, -0.2) is 88.8 Å². The van der Waals surface area contributed by atoms with E-state index in [0.29, 0.717) is 69.6 Å². The number of hydrogen-bond acceptors (Lipinski definition) is 12. The second-order valence-electron chi connectivity index (χ2n) is 21.3. The van der Waals surface area contributed by atoms with E-state index in [1.165, 1.54) is 148 Å². The number of amides is 2. The third kappa shape index (κ3) is 39.9. The third-order valence-corrected chi connectivity index (χ3v) is 14.6. The van der Waals surface area contributed by atoms with Gasteiger partial charge in [-0.25, -0.2) is 19.2 Å². The highest BCUT2D eigenvalue weighted by Gasteiger charge is 2.37. The van der Waals surface area contributed by atoms with E-state index < -0.39 is 18.0 Å². The summed E-state index contributed by atoms with van der Waals surface area (Å²) in [7, 11) is 0. The highest BCUT2D eigenvalue weighted by molar-refractivity contribution is 5.87. The van der Waals surface area contributed by atoms with Gasteiger partial charge in [0.1, 0.15) is 26.4 Å². The lowest BCUT2D eigenvalue weighted by Crippen LogP contribution is -2.35. The molecule has 75 heavy (non-hydrogen) atoms. The monoisotopic (exact) mass is 1060 g/mol. The number of unbranched alkanes of at least 4 members (excludes halogenated alkanes) is 21. The molecule has 2 amide bonds. The molecule has 0 bridgehead atoms. The van der Waals surface area contributed by atoms with Crippen molar-refractivity contribution < 1.29 is 57.2 Å². The van der Waals surface area contributed by atoms with Gasteiger partial charge >= 0.3 is 36.1 Å². The van der Waals surface area contributed by atoms with Gasteiger partial charge in [0, 0.05) is 37.1 Å². The van der Waals surface area contributed by atoms with Crippen molar-refractivity contribution in [2.45, 2.75) is 252 Å². The molecule has 0 heterocycles. The lowest BCUT2D eigenvalue weighted by molar-refractivity contribution is -0.150. The molecule has 1 aliphatic rings. The van der Waals surface area contributed by atoms with Crippen molar-refractivity contribution in [3.63, 3.8) is 0 Å². The fraction of sp³-hybridized carbons (Fsp3) is 0.836. The molecule has 14 heteroatoms. The molecule has 4 unspecified atom stereocenters. The molecule has 0 aromatic carbocycles. The summed E-state index contributed by atoms with van der Waals surface area (Å²) in [5, 5.41) is 5.72. The average molecular weight is 1060 g/mol. The Morgan fingerprint density at radius 3 is 1.13 bits per heavy atom. The van der Waals surface area contributed by atoms with E-state index in [9.17, 15) is 28.8 Å². The quantitative estimate of drug-likeness (QED) is 0.0255. The van der Waals surface area contributed by atoms with Crippen LogP contribution >= 0.6 is 0 Å². The van der Waals surface area contributed by atoms with E-state index in [2.05, 4.69) is 37.6 Å². The number of carbonyl (C=O) groups excluding carboxylic acids is 6. The van der Waals surface area contributed by atoms with Gasteiger partial charge in [-0.2, -0.15) is 0 Å². The molecule has 4 atom stereocenters. The van der Waals surface area contributed by atoms with Crippen LogP contribution in [0.25, 0.3) is 0 Å². The number of rotatable bonds is 49. The van der Waals surface area contributed by atoms with Crippen molar-refractivity contribution in [2.24, 2.45) is 23.7 Å². The summed E-state index contributed by atoms with van der Waals surface area (Å²) in [6.07, 6.45) is 38.7. The predicted octanol–water partition coefficient (Wildman–Crippen LogP) is 14.9. The third-order valence-electron chi connectivity index (χ3n) is 14.6.